The van der Waals surface area contributed by atoms with E-state index in [4.69, 9.17) is 4.74 Å². The maximum Gasteiger partial charge on any atom is 0.407 e. The van der Waals surface area contributed by atoms with Crippen LogP contribution < -0.4 is 5.32 Å². The number of carbonyl (C=O) groups is 2. The largest absolute Gasteiger partial charge is 0.469 e. The van der Waals surface area contributed by atoms with Crippen molar-refractivity contribution >= 4 is 28.0 Å². The Hall–Kier alpha value is -1.60. The molecule has 122 valence electrons. The van der Waals surface area contributed by atoms with E-state index in [-0.39, 0.29) is 24.8 Å². The number of alkyl carbamates (subject to hydrolysis) is 1. The molecular formula is C15H20BrNO5. The third kappa shape index (κ3) is 6.91. The van der Waals surface area contributed by atoms with Crippen LogP contribution in [0.1, 0.15) is 18.4 Å². The van der Waals surface area contributed by atoms with Crippen molar-refractivity contribution in [1.82, 2.24) is 5.32 Å². The predicted molar refractivity (Wildman–Crippen MR) is 84.6 cm³/mol. The summed E-state index contributed by atoms with van der Waals surface area (Å²) in [6.45, 7) is 0.140. The predicted octanol–water partition coefficient (Wildman–Crippen LogP) is 1.99. The SMILES string of the molecule is COC(=O)CC[C@H](NC(=O)OCc1ccccc1)[C@H](O)CBr. The zero-order valence-electron chi connectivity index (χ0n) is 12.3. The highest BCUT2D eigenvalue weighted by atomic mass is 79.9. The van der Waals surface area contributed by atoms with Crippen LogP contribution in [0.2, 0.25) is 0 Å². The van der Waals surface area contributed by atoms with Gasteiger partial charge < -0.3 is 19.9 Å². The lowest BCUT2D eigenvalue weighted by atomic mass is 10.1. The highest BCUT2D eigenvalue weighted by Gasteiger charge is 2.22. The zero-order chi connectivity index (χ0) is 16.4. The number of aliphatic hydroxyl groups excluding tert-OH is 1. The van der Waals surface area contributed by atoms with Crippen molar-refractivity contribution in [2.45, 2.75) is 31.6 Å². The lowest BCUT2D eigenvalue weighted by Crippen LogP contribution is -2.44. The third-order valence-electron chi connectivity index (χ3n) is 3.03. The van der Waals surface area contributed by atoms with Gasteiger partial charge in [0.25, 0.3) is 0 Å². The number of hydrogen-bond donors (Lipinski definition) is 2. The van der Waals surface area contributed by atoms with Gasteiger partial charge in [0.1, 0.15) is 6.61 Å². The third-order valence-corrected chi connectivity index (χ3v) is 3.69. The average molecular weight is 374 g/mol. The molecule has 7 heteroatoms. The molecule has 0 heterocycles. The number of amides is 1. The van der Waals surface area contributed by atoms with E-state index in [1.807, 2.05) is 30.3 Å². The molecule has 0 bridgehead atoms. The first kappa shape index (κ1) is 18.4. The molecule has 1 aromatic rings. The highest BCUT2D eigenvalue weighted by Crippen LogP contribution is 2.08. The molecule has 0 radical (unpaired) electrons. The molecule has 0 aliphatic rings. The van der Waals surface area contributed by atoms with Gasteiger partial charge in [-0.05, 0) is 12.0 Å². The summed E-state index contributed by atoms with van der Waals surface area (Å²) in [4.78, 5) is 22.9. The van der Waals surface area contributed by atoms with Gasteiger partial charge >= 0.3 is 12.1 Å². The number of nitrogens with one attached hydrogen (secondary N) is 1. The number of esters is 1. The second-order valence-corrected chi connectivity index (χ2v) is 5.30. The summed E-state index contributed by atoms with van der Waals surface area (Å²) in [6.07, 6.45) is -1.10. The summed E-state index contributed by atoms with van der Waals surface area (Å²) in [5, 5.41) is 12.7. The Morgan fingerprint density at radius 3 is 2.59 bits per heavy atom. The summed E-state index contributed by atoms with van der Waals surface area (Å²) in [6, 6.07) is 8.67. The first-order chi connectivity index (χ1) is 10.6. The molecule has 1 rings (SSSR count). The van der Waals surface area contributed by atoms with Gasteiger partial charge in [0, 0.05) is 11.8 Å². The highest BCUT2D eigenvalue weighted by molar-refractivity contribution is 9.09. The molecular weight excluding hydrogens is 354 g/mol. The van der Waals surface area contributed by atoms with Gasteiger partial charge in [0.2, 0.25) is 0 Å². The van der Waals surface area contributed by atoms with Crippen LogP contribution in [0.5, 0.6) is 0 Å². The monoisotopic (exact) mass is 373 g/mol. The number of aliphatic hydroxyl groups is 1. The summed E-state index contributed by atoms with van der Waals surface area (Å²) < 4.78 is 9.64. The van der Waals surface area contributed by atoms with Crippen LogP contribution in [0.15, 0.2) is 30.3 Å². The molecule has 0 saturated heterocycles. The fraction of sp³-hybridized carbons (Fsp3) is 0.467. The van der Waals surface area contributed by atoms with Crippen molar-refractivity contribution in [1.29, 1.82) is 0 Å². The van der Waals surface area contributed by atoms with Crippen LogP contribution in [0.25, 0.3) is 0 Å². The summed E-state index contributed by atoms with van der Waals surface area (Å²) in [5.41, 5.74) is 0.866. The molecule has 0 aromatic heterocycles. The number of benzene rings is 1. The van der Waals surface area contributed by atoms with Crippen LogP contribution in [0, 0.1) is 0 Å². The fourth-order valence-corrected chi connectivity index (χ4v) is 2.21. The van der Waals surface area contributed by atoms with Crippen LogP contribution in [0.3, 0.4) is 0 Å². The zero-order valence-corrected chi connectivity index (χ0v) is 13.9. The summed E-state index contributed by atoms with van der Waals surface area (Å²) >= 11 is 3.15. The molecule has 2 atom stereocenters. The molecule has 6 nitrogen and oxygen atoms in total. The number of hydrogen-bond acceptors (Lipinski definition) is 5. The minimum atomic E-state index is -0.825. The number of carbonyl (C=O) groups excluding carboxylic acids is 2. The van der Waals surface area contributed by atoms with E-state index in [9.17, 15) is 14.7 Å². The van der Waals surface area contributed by atoms with E-state index < -0.39 is 24.2 Å². The summed E-state index contributed by atoms with van der Waals surface area (Å²) in [7, 11) is 1.29. The van der Waals surface area contributed by atoms with Gasteiger partial charge in [-0.1, -0.05) is 46.3 Å². The van der Waals surface area contributed by atoms with E-state index in [1.165, 1.54) is 7.11 Å². The second kappa shape index (κ2) is 10.2. The van der Waals surface area contributed by atoms with Crippen molar-refractivity contribution in [2.75, 3.05) is 12.4 Å². The standard InChI is InChI=1S/C15H20BrNO5/c1-21-14(19)8-7-12(13(18)9-16)17-15(20)22-10-11-5-3-2-4-6-11/h2-6,12-13,18H,7-10H2,1H3,(H,17,20)/t12-,13+/m0/s1. The van der Waals surface area contributed by atoms with Gasteiger partial charge in [0.05, 0.1) is 19.3 Å². The Morgan fingerprint density at radius 2 is 2.00 bits per heavy atom. The molecule has 0 fully saturated rings. The van der Waals surface area contributed by atoms with Gasteiger partial charge in [-0.25, -0.2) is 4.79 Å². The normalized spacial score (nSPS) is 13.0. The quantitative estimate of drug-likeness (QED) is 0.537. The lowest BCUT2D eigenvalue weighted by Gasteiger charge is -2.22. The van der Waals surface area contributed by atoms with Crippen LogP contribution in [-0.4, -0.2) is 41.8 Å². The molecule has 0 aliphatic carbocycles. The number of alkyl halides is 1. The molecule has 0 spiro atoms. The average Bonchev–Trinajstić information content (AvgIpc) is 2.56. The molecule has 0 unspecified atom stereocenters. The van der Waals surface area contributed by atoms with E-state index >= 15 is 0 Å². The van der Waals surface area contributed by atoms with Crippen molar-refractivity contribution in [2.24, 2.45) is 0 Å². The maximum absolute atomic E-state index is 11.8. The van der Waals surface area contributed by atoms with Gasteiger partial charge in [-0.3, -0.25) is 4.79 Å². The first-order valence-electron chi connectivity index (χ1n) is 6.85. The van der Waals surface area contributed by atoms with Gasteiger partial charge in [-0.2, -0.15) is 0 Å². The Kier molecular flexibility index (Phi) is 8.54. The number of rotatable bonds is 8. The molecule has 1 amide bonds. The van der Waals surface area contributed by atoms with Crippen molar-refractivity contribution in [3.05, 3.63) is 35.9 Å². The van der Waals surface area contributed by atoms with E-state index in [1.54, 1.807) is 0 Å². The van der Waals surface area contributed by atoms with E-state index in [0.29, 0.717) is 0 Å². The fourth-order valence-electron chi connectivity index (χ4n) is 1.76. The van der Waals surface area contributed by atoms with Crippen molar-refractivity contribution in [3.63, 3.8) is 0 Å². The molecule has 2 N–H and O–H groups in total. The molecule has 1 aromatic carbocycles. The Balaban J connectivity index is 2.46. The molecule has 0 saturated carbocycles. The Bertz CT molecular complexity index is 468. The number of ether oxygens (including phenoxy) is 2. The molecule has 22 heavy (non-hydrogen) atoms. The molecule has 0 aliphatic heterocycles. The lowest BCUT2D eigenvalue weighted by molar-refractivity contribution is -0.140. The first-order valence-corrected chi connectivity index (χ1v) is 7.97. The Labute approximate surface area is 137 Å². The van der Waals surface area contributed by atoms with Crippen LogP contribution >= 0.6 is 15.9 Å². The number of halogens is 1. The van der Waals surface area contributed by atoms with Crippen molar-refractivity contribution < 1.29 is 24.2 Å². The Morgan fingerprint density at radius 1 is 1.32 bits per heavy atom. The topological polar surface area (TPSA) is 84.9 Å². The minimum absolute atomic E-state index is 0.101. The van der Waals surface area contributed by atoms with Crippen LogP contribution in [0.4, 0.5) is 4.79 Å². The maximum atomic E-state index is 11.8. The number of methoxy groups -OCH3 is 1. The second-order valence-electron chi connectivity index (χ2n) is 4.65. The van der Waals surface area contributed by atoms with Crippen molar-refractivity contribution in [3.8, 4) is 0 Å². The smallest absolute Gasteiger partial charge is 0.407 e. The van der Waals surface area contributed by atoms with Gasteiger partial charge in [-0.15, -0.1) is 0 Å². The van der Waals surface area contributed by atoms with E-state index in [0.717, 1.165) is 5.56 Å². The minimum Gasteiger partial charge on any atom is -0.469 e. The van der Waals surface area contributed by atoms with Gasteiger partial charge in [0.15, 0.2) is 0 Å². The van der Waals surface area contributed by atoms with Crippen LogP contribution in [-0.2, 0) is 20.9 Å². The summed E-state index contributed by atoms with van der Waals surface area (Å²) in [5.74, 6) is -0.397. The van der Waals surface area contributed by atoms with E-state index in [2.05, 4.69) is 26.0 Å².